The first-order chi connectivity index (χ1) is 6.29. The minimum atomic E-state index is -1.50. The lowest BCUT2D eigenvalue weighted by molar-refractivity contribution is -0.132. The monoisotopic (exact) mass is 205 g/mol. The first-order valence-corrected chi connectivity index (χ1v) is 4.85. The van der Waals surface area contributed by atoms with Crippen molar-refractivity contribution in [3.8, 4) is 0 Å². The number of hydrogen-bond acceptors (Lipinski definition) is 1. The van der Waals surface area contributed by atoms with Gasteiger partial charge in [0.1, 0.15) is 0 Å². The summed E-state index contributed by atoms with van der Waals surface area (Å²) in [6.45, 7) is 5.62. The third-order valence-electron chi connectivity index (χ3n) is 2.22. The minimum Gasteiger partial charge on any atom is -0.337 e. The number of hydrogen-bond donors (Lipinski definition) is 0. The molecule has 1 heterocycles. The van der Waals surface area contributed by atoms with E-state index in [1.54, 1.807) is 0 Å². The van der Waals surface area contributed by atoms with Crippen LogP contribution in [0.15, 0.2) is 0 Å². The summed E-state index contributed by atoms with van der Waals surface area (Å²) in [5.41, 5.74) is -0.128. The Morgan fingerprint density at radius 3 is 2.07 bits per heavy atom. The number of carbonyl (C=O) groups excluding carboxylic acids is 1. The van der Waals surface area contributed by atoms with E-state index in [9.17, 15) is 13.6 Å². The maximum atomic E-state index is 12.8. The van der Waals surface area contributed by atoms with Crippen LogP contribution in [0.2, 0.25) is 0 Å². The van der Waals surface area contributed by atoms with Gasteiger partial charge in [0.15, 0.2) is 12.3 Å². The molecule has 0 spiro atoms. The second-order valence-electron chi connectivity index (χ2n) is 5.07. The van der Waals surface area contributed by atoms with Gasteiger partial charge in [-0.3, -0.25) is 4.79 Å². The van der Waals surface area contributed by atoms with Crippen LogP contribution in [0.25, 0.3) is 0 Å². The fourth-order valence-corrected chi connectivity index (χ4v) is 1.49. The van der Waals surface area contributed by atoms with Gasteiger partial charge in [-0.2, -0.15) is 0 Å². The zero-order valence-electron chi connectivity index (χ0n) is 8.89. The van der Waals surface area contributed by atoms with Crippen molar-refractivity contribution >= 4 is 5.91 Å². The predicted octanol–water partition coefficient (Wildman–Crippen LogP) is 1.94. The first-order valence-electron chi connectivity index (χ1n) is 4.85. The van der Waals surface area contributed by atoms with E-state index in [1.165, 1.54) is 4.90 Å². The van der Waals surface area contributed by atoms with Crippen molar-refractivity contribution in [1.29, 1.82) is 0 Å². The number of alkyl halides is 2. The maximum absolute atomic E-state index is 12.8. The second-order valence-corrected chi connectivity index (χ2v) is 5.07. The molecule has 0 N–H and O–H groups in total. The van der Waals surface area contributed by atoms with Crippen LogP contribution in [0.1, 0.15) is 27.2 Å². The van der Waals surface area contributed by atoms with Crippen molar-refractivity contribution in [2.24, 2.45) is 5.41 Å². The molecule has 0 unspecified atom stereocenters. The highest BCUT2D eigenvalue weighted by atomic mass is 19.2. The third kappa shape index (κ3) is 2.93. The molecule has 2 nitrogen and oxygen atoms in total. The largest absolute Gasteiger partial charge is 0.337 e. The Bertz CT molecular complexity index is 215. The molecule has 1 saturated heterocycles. The third-order valence-corrected chi connectivity index (χ3v) is 2.22. The molecule has 1 amide bonds. The predicted molar refractivity (Wildman–Crippen MR) is 50.4 cm³/mol. The summed E-state index contributed by atoms with van der Waals surface area (Å²) in [6.07, 6.45) is -2.66. The van der Waals surface area contributed by atoms with Crippen molar-refractivity contribution in [1.82, 2.24) is 4.90 Å². The summed E-state index contributed by atoms with van der Waals surface area (Å²) >= 11 is 0. The van der Waals surface area contributed by atoms with Gasteiger partial charge in [0.2, 0.25) is 5.91 Å². The molecule has 2 atom stereocenters. The fraction of sp³-hybridized carbons (Fsp3) is 0.900. The van der Waals surface area contributed by atoms with Gasteiger partial charge in [-0.15, -0.1) is 0 Å². The summed E-state index contributed by atoms with van der Waals surface area (Å²) in [4.78, 5) is 12.8. The molecule has 14 heavy (non-hydrogen) atoms. The Morgan fingerprint density at radius 2 is 1.71 bits per heavy atom. The highest BCUT2D eigenvalue weighted by Gasteiger charge is 2.36. The topological polar surface area (TPSA) is 20.3 Å². The van der Waals surface area contributed by atoms with E-state index >= 15 is 0 Å². The lowest BCUT2D eigenvalue weighted by Crippen LogP contribution is -2.32. The molecule has 1 rings (SSSR count). The number of nitrogens with zero attached hydrogens (tertiary/aromatic N) is 1. The average molecular weight is 205 g/mol. The van der Waals surface area contributed by atoms with Crippen molar-refractivity contribution in [2.75, 3.05) is 13.1 Å². The van der Waals surface area contributed by atoms with Crippen LogP contribution in [0.3, 0.4) is 0 Å². The number of likely N-dealkylation sites (tertiary alicyclic amines) is 1. The molecule has 4 heteroatoms. The van der Waals surface area contributed by atoms with Crippen LogP contribution < -0.4 is 0 Å². The van der Waals surface area contributed by atoms with Gasteiger partial charge < -0.3 is 4.90 Å². The Labute approximate surface area is 83.3 Å². The fourth-order valence-electron chi connectivity index (χ4n) is 1.49. The van der Waals surface area contributed by atoms with Gasteiger partial charge in [0.05, 0.1) is 13.1 Å². The first kappa shape index (κ1) is 11.4. The second kappa shape index (κ2) is 3.83. The molecule has 0 aromatic rings. The molecule has 1 aliphatic rings. The molecule has 0 saturated carbocycles. The van der Waals surface area contributed by atoms with Crippen molar-refractivity contribution < 1.29 is 13.6 Å². The normalized spacial score (nSPS) is 28.2. The van der Waals surface area contributed by atoms with Crippen LogP contribution in [0, 0.1) is 5.41 Å². The Balaban J connectivity index is 2.48. The molecule has 0 aromatic carbocycles. The van der Waals surface area contributed by atoms with Crippen LogP contribution in [-0.4, -0.2) is 36.2 Å². The van der Waals surface area contributed by atoms with E-state index in [-0.39, 0.29) is 24.4 Å². The summed E-state index contributed by atoms with van der Waals surface area (Å²) < 4.78 is 25.6. The summed E-state index contributed by atoms with van der Waals surface area (Å²) in [5.74, 6) is -0.152. The molecule has 82 valence electrons. The molecular formula is C10H17F2NO. The molecule has 0 aromatic heterocycles. The van der Waals surface area contributed by atoms with Gasteiger partial charge in [-0.1, -0.05) is 20.8 Å². The maximum Gasteiger partial charge on any atom is 0.223 e. The van der Waals surface area contributed by atoms with E-state index in [0.717, 1.165) is 0 Å². The summed E-state index contributed by atoms with van der Waals surface area (Å²) in [6, 6.07) is 0. The molecular weight excluding hydrogens is 188 g/mol. The highest BCUT2D eigenvalue weighted by Crippen LogP contribution is 2.23. The lowest BCUT2D eigenvalue weighted by atomic mass is 9.92. The number of amides is 1. The molecule has 1 aliphatic heterocycles. The number of rotatable bonds is 1. The standard InChI is InChI=1S/C10H17F2NO/c1-10(2,3)4-9(14)13-5-7(11)8(12)6-13/h7-8H,4-6H2,1-3H3/t7-,8+. The van der Waals surface area contributed by atoms with Gasteiger partial charge in [0.25, 0.3) is 0 Å². The van der Waals surface area contributed by atoms with Crippen LogP contribution >= 0.6 is 0 Å². The summed E-state index contributed by atoms with van der Waals surface area (Å²) in [5, 5.41) is 0. The Morgan fingerprint density at radius 1 is 1.29 bits per heavy atom. The van der Waals surface area contributed by atoms with Crippen molar-refractivity contribution in [3.05, 3.63) is 0 Å². The molecule has 0 bridgehead atoms. The Hall–Kier alpha value is -0.670. The molecule has 0 radical (unpaired) electrons. The highest BCUT2D eigenvalue weighted by molar-refractivity contribution is 5.77. The quantitative estimate of drug-likeness (QED) is 0.640. The molecule has 0 aliphatic carbocycles. The van der Waals surface area contributed by atoms with Gasteiger partial charge >= 0.3 is 0 Å². The Kier molecular flexibility index (Phi) is 3.12. The van der Waals surface area contributed by atoms with E-state index in [1.807, 2.05) is 20.8 Å². The summed E-state index contributed by atoms with van der Waals surface area (Å²) in [7, 11) is 0. The van der Waals surface area contributed by atoms with E-state index in [0.29, 0.717) is 6.42 Å². The van der Waals surface area contributed by atoms with Crippen LogP contribution in [-0.2, 0) is 4.79 Å². The van der Waals surface area contributed by atoms with Gasteiger partial charge in [0, 0.05) is 6.42 Å². The number of carbonyl (C=O) groups is 1. The van der Waals surface area contributed by atoms with E-state index in [2.05, 4.69) is 0 Å². The van der Waals surface area contributed by atoms with Gasteiger partial charge in [-0.05, 0) is 5.41 Å². The smallest absolute Gasteiger partial charge is 0.223 e. The van der Waals surface area contributed by atoms with E-state index in [4.69, 9.17) is 0 Å². The zero-order valence-corrected chi connectivity index (χ0v) is 8.89. The minimum absolute atomic E-state index is 0.0872. The van der Waals surface area contributed by atoms with Crippen LogP contribution in [0.5, 0.6) is 0 Å². The molecule has 1 fully saturated rings. The SMILES string of the molecule is CC(C)(C)CC(=O)N1C[C@@H](F)[C@@H](F)C1. The lowest BCUT2D eigenvalue weighted by Gasteiger charge is -2.22. The van der Waals surface area contributed by atoms with E-state index < -0.39 is 12.3 Å². The van der Waals surface area contributed by atoms with Crippen molar-refractivity contribution in [3.63, 3.8) is 0 Å². The average Bonchev–Trinajstić information content (AvgIpc) is 2.28. The zero-order chi connectivity index (χ0) is 10.9. The van der Waals surface area contributed by atoms with Crippen LogP contribution in [0.4, 0.5) is 8.78 Å². The number of halogens is 2. The van der Waals surface area contributed by atoms with Gasteiger partial charge in [-0.25, -0.2) is 8.78 Å². The van der Waals surface area contributed by atoms with Crippen molar-refractivity contribution in [2.45, 2.75) is 39.5 Å².